The highest BCUT2D eigenvalue weighted by molar-refractivity contribution is 6.65. The zero-order chi connectivity index (χ0) is 16.7. The molecule has 1 aliphatic rings. The third kappa shape index (κ3) is 3.03. The number of esters is 1. The van der Waals surface area contributed by atoms with Gasteiger partial charge in [-0.3, -0.25) is 4.79 Å². The quantitative estimate of drug-likeness (QED) is 0.633. The van der Waals surface area contributed by atoms with Crippen molar-refractivity contribution in [2.45, 2.75) is 51.7 Å². The first kappa shape index (κ1) is 17.3. The minimum Gasteiger partial charge on any atom is -0.469 e. The van der Waals surface area contributed by atoms with Crippen LogP contribution in [0.1, 0.15) is 46.1 Å². The van der Waals surface area contributed by atoms with Crippen LogP contribution in [0.4, 0.5) is 0 Å². The Morgan fingerprint density at radius 1 is 1.23 bits per heavy atom. The zero-order valence-electron chi connectivity index (χ0n) is 13.9. The topological polar surface area (TPSA) is 44.8 Å². The van der Waals surface area contributed by atoms with E-state index >= 15 is 0 Å². The molecule has 1 saturated heterocycles. The first-order chi connectivity index (χ1) is 10.1. The fourth-order valence-electron chi connectivity index (χ4n) is 2.29. The van der Waals surface area contributed by atoms with Gasteiger partial charge in [0.1, 0.15) is 0 Å². The summed E-state index contributed by atoms with van der Waals surface area (Å²) in [6.07, 6.45) is 0. The van der Waals surface area contributed by atoms with Crippen LogP contribution in [-0.4, -0.2) is 31.4 Å². The van der Waals surface area contributed by atoms with Crippen LogP contribution in [0.5, 0.6) is 0 Å². The van der Waals surface area contributed by atoms with Gasteiger partial charge in [0.05, 0.1) is 24.2 Å². The maximum atomic E-state index is 11.6. The standard InChI is InChI=1S/C16H22BClO4/c1-10(14(19)20-6)11-7-8-12(13(18)9-11)17-21-15(2,3)16(4,5)22-17/h7-10H,1-6H3. The Balaban J connectivity index is 2.27. The second-order valence-corrected chi connectivity index (χ2v) is 7.02. The average Bonchev–Trinajstić information content (AvgIpc) is 2.65. The Kier molecular flexibility index (Phi) is 4.62. The normalized spacial score (nSPS) is 20.8. The molecule has 1 atom stereocenters. The lowest BCUT2D eigenvalue weighted by atomic mass is 9.78. The van der Waals surface area contributed by atoms with Crippen LogP contribution in [-0.2, 0) is 18.8 Å². The number of hydrogen-bond donors (Lipinski definition) is 0. The van der Waals surface area contributed by atoms with Gasteiger partial charge in [-0.05, 0) is 46.2 Å². The van der Waals surface area contributed by atoms with Gasteiger partial charge in [-0.2, -0.15) is 0 Å². The fourth-order valence-corrected chi connectivity index (χ4v) is 2.56. The molecular formula is C16H22BClO4. The van der Waals surface area contributed by atoms with Gasteiger partial charge < -0.3 is 14.0 Å². The summed E-state index contributed by atoms with van der Waals surface area (Å²) in [6, 6.07) is 5.47. The Morgan fingerprint density at radius 3 is 2.23 bits per heavy atom. The third-order valence-corrected chi connectivity index (χ3v) is 4.91. The predicted octanol–water partition coefficient (Wildman–Crippen LogP) is 2.92. The zero-order valence-corrected chi connectivity index (χ0v) is 14.7. The SMILES string of the molecule is COC(=O)C(C)c1ccc(B2OC(C)(C)C(C)(C)O2)c(Cl)c1. The molecule has 0 bridgehead atoms. The van der Waals surface area contributed by atoms with Gasteiger partial charge in [0, 0.05) is 10.5 Å². The number of halogens is 1. The van der Waals surface area contributed by atoms with Crippen molar-refractivity contribution >= 4 is 30.2 Å². The van der Waals surface area contributed by atoms with Crippen molar-refractivity contribution in [2.75, 3.05) is 7.11 Å². The Labute approximate surface area is 137 Å². The number of benzene rings is 1. The number of methoxy groups -OCH3 is 1. The molecular weight excluding hydrogens is 302 g/mol. The van der Waals surface area contributed by atoms with E-state index < -0.39 is 18.3 Å². The number of carbonyl (C=O) groups is 1. The highest BCUT2D eigenvalue weighted by atomic mass is 35.5. The van der Waals surface area contributed by atoms with Crippen LogP contribution >= 0.6 is 11.6 Å². The van der Waals surface area contributed by atoms with Crippen LogP contribution in [0.25, 0.3) is 0 Å². The molecule has 0 amide bonds. The Bertz CT molecular complexity index is 570. The first-order valence-corrected chi connectivity index (χ1v) is 7.69. The summed E-state index contributed by atoms with van der Waals surface area (Å²) in [5.74, 6) is -0.658. The molecule has 1 aromatic rings. The summed E-state index contributed by atoms with van der Waals surface area (Å²) >= 11 is 6.38. The lowest BCUT2D eigenvalue weighted by Crippen LogP contribution is -2.41. The number of rotatable bonds is 3. The number of hydrogen-bond acceptors (Lipinski definition) is 4. The molecule has 4 nitrogen and oxygen atoms in total. The van der Waals surface area contributed by atoms with Crippen LogP contribution < -0.4 is 5.46 Å². The van der Waals surface area contributed by atoms with Gasteiger partial charge in [-0.15, -0.1) is 0 Å². The maximum absolute atomic E-state index is 11.6. The van der Waals surface area contributed by atoms with Gasteiger partial charge in [-0.25, -0.2) is 0 Å². The van der Waals surface area contributed by atoms with Crippen molar-refractivity contribution in [3.8, 4) is 0 Å². The lowest BCUT2D eigenvalue weighted by Gasteiger charge is -2.32. The largest absolute Gasteiger partial charge is 0.496 e. The van der Waals surface area contributed by atoms with Crippen molar-refractivity contribution in [1.29, 1.82) is 0 Å². The van der Waals surface area contributed by atoms with Gasteiger partial charge in [0.25, 0.3) is 0 Å². The van der Waals surface area contributed by atoms with E-state index in [4.69, 9.17) is 25.6 Å². The van der Waals surface area contributed by atoms with Gasteiger partial charge in [0.15, 0.2) is 0 Å². The summed E-state index contributed by atoms with van der Waals surface area (Å²) in [5, 5.41) is 0.520. The van der Waals surface area contributed by atoms with E-state index in [-0.39, 0.29) is 11.9 Å². The molecule has 6 heteroatoms. The summed E-state index contributed by atoms with van der Waals surface area (Å²) in [4.78, 5) is 11.6. The highest BCUT2D eigenvalue weighted by Crippen LogP contribution is 2.37. The minimum absolute atomic E-state index is 0.292. The predicted molar refractivity (Wildman–Crippen MR) is 87.6 cm³/mol. The number of carbonyl (C=O) groups excluding carboxylic acids is 1. The van der Waals surface area contributed by atoms with Crippen LogP contribution in [0.2, 0.25) is 5.02 Å². The van der Waals surface area contributed by atoms with E-state index in [1.807, 2.05) is 39.8 Å². The van der Waals surface area contributed by atoms with Crippen molar-refractivity contribution < 1.29 is 18.8 Å². The molecule has 0 saturated carbocycles. The molecule has 120 valence electrons. The van der Waals surface area contributed by atoms with E-state index in [0.717, 1.165) is 11.0 Å². The van der Waals surface area contributed by atoms with E-state index in [9.17, 15) is 4.79 Å². The van der Waals surface area contributed by atoms with Gasteiger partial charge in [0.2, 0.25) is 0 Å². The molecule has 1 fully saturated rings. The molecule has 0 N–H and O–H groups in total. The second kappa shape index (κ2) is 5.87. The second-order valence-electron chi connectivity index (χ2n) is 6.61. The summed E-state index contributed by atoms with van der Waals surface area (Å²) in [6.45, 7) is 9.76. The van der Waals surface area contributed by atoms with Crippen molar-refractivity contribution in [1.82, 2.24) is 0 Å². The van der Waals surface area contributed by atoms with Crippen molar-refractivity contribution in [3.05, 3.63) is 28.8 Å². The molecule has 1 aromatic carbocycles. The molecule has 0 radical (unpaired) electrons. The van der Waals surface area contributed by atoms with Crippen LogP contribution in [0.15, 0.2) is 18.2 Å². The average molecular weight is 325 g/mol. The molecule has 0 aromatic heterocycles. The lowest BCUT2D eigenvalue weighted by molar-refractivity contribution is -0.141. The van der Waals surface area contributed by atoms with E-state index in [0.29, 0.717) is 5.02 Å². The Hall–Kier alpha value is -1.04. The molecule has 22 heavy (non-hydrogen) atoms. The molecule has 2 rings (SSSR count). The highest BCUT2D eigenvalue weighted by Gasteiger charge is 2.52. The monoisotopic (exact) mass is 324 g/mol. The summed E-state index contributed by atoms with van der Waals surface area (Å²) in [5.41, 5.74) is 0.732. The van der Waals surface area contributed by atoms with Gasteiger partial charge in [-0.1, -0.05) is 23.7 Å². The molecule has 1 unspecified atom stereocenters. The van der Waals surface area contributed by atoms with Crippen LogP contribution in [0, 0.1) is 0 Å². The van der Waals surface area contributed by atoms with E-state index in [1.165, 1.54) is 7.11 Å². The summed E-state index contributed by atoms with van der Waals surface area (Å²) in [7, 11) is 0.860. The minimum atomic E-state index is -0.514. The maximum Gasteiger partial charge on any atom is 0.496 e. The first-order valence-electron chi connectivity index (χ1n) is 7.32. The van der Waals surface area contributed by atoms with Crippen LogP contribution in [0.3, 0.4) is 0 Å². The molecule has 0 aliphatic carbocycles. The molecule has 0 spiro atoms. The third-order valence-electron chi connectivity index (χ3n) is 4.59. The van der Waals surface area contributed by atoms with E-state index in [1.54, 1.807) is 13.0 Å². The molecule has 1 aliphatic heterocycles. The smallest absolute Gasteiger partial charge is 0.469 e. The summed E-state index contributed by atoms with van der Waals surface area (Å²) < 4.78 is 16.8. The number of ether oxygens (including phenoxy) is 1. The Morgan fingerprint density at radius 2 is 1.77 bits per heavy atom. The fraction of sp³-hybridized carbons (Fsp3) is 0.562. The van der Waals surface area contributed by atoms with E-state index in [2.05, 4.69) is 0 Å². The molecule has 1 heterocycles. The van der Waals surface area contributed by atoms with Crippen molar-refractivity contribution in [2.24, 2.45) is 0 Å². The van der Waals surface area contributed by atoms with Crippen molar-refractivity contribution in [3.63, 3.8) is 0 Å². The van der Waals surface area contributed by atoms with Gasteiger partial charge >= 0.3 is 13.1 Å².